The molecule has 0 heterocycles. The number of rotatable bonds is 5. The van der Waals surface area contributed by atoms with Gasteiger partial charge in [0.1, 0.15) is 0 Å². The lowest BCUT2D eigenvalue weighted by Crippen LogP contribution is -2.31. The second kappa shape index (κ2) is 12.6. The highest BCUT2D eigenvalue weighted by molar-refractivity contribution is 4.57. The summed E-state index contributed by atoms with van der Waals surface area (Å²) in [5.41, 5.74) is 0. The van der Waals surface area contributed by atoms with Crippen molar-refractivity contribution in [2.24, 2.45) is 0 Å². The zero-order valence-electron chi connectivity index (χ0n) is 8.70. The van der Waals surface area contributed by atoms with Crippen LogP contribution in [0, 0.1) is 0 Å². The first-order valence-electron chi connectivity index (χ1n) is 4.69. The van der Waals surface area contributed by atoms with Crippen LogP contribution < -0.4 is 10.6 Å². The smallest absolute Gasteiger partial charge is 0.00790 e. The highest BCUT2D eigenvalue weighted by Crippen LogP contribution is 1.84. The van der Waals surface area contributed by atoms with Gasteiger partial charge in [-0.1, -0.05) is 20.8 Å². The predicted molar refractivity (Wildman–Crippen MR) is 53.0 cm³/mol. The average molecular weight is 160 g/mol. The topological polar surface area (TPSA) is 24.1 Å². The molecule has 0 saturated carbocycles. The molecule has 2 heteroatoms. The van der Waals surface area contributed by atoms with Gasteiger partial charge in [0.2, 0.25) is 0 Å². The van der Waals surface area contributed by atoms with Crippen LogP contribution >= 0.6 is 0 Å². The molecule has 0 bridgehead atoms. The molecule has 0 saturated heterocycles. The van der Waals surface area contributed by atoms with E-state index in [-0.39, 0.29) is 0 Å². The molecule has 0 amide bonds. The summed E-state index contributed by atoms with van der Waals surface area (Å²) in [5, 5.41) is 6.46. The lowest BCUT2D eigenvalue weighted by molar-refractivity contribution is 0.528. The SMILES string of the molecule is CC.CCC(C)NCCNC. The molecule has 0 aliphatic heterocycles. The van der Waals surface area contributed by atoms with Crippen LogP contribution in [0.5, 0.6) is 0 Å². The van der Waals surface area contributed by atoms with Crippen molar-refractivity contribution in [1.29, 1.82) is 0 Å². The van der Waals surface area contributed by atoms with Crippen molar-refractivity contribution >= 4 is 0 Å². The fourth-order valence-electron chi connectivity index (χ4n) is 0.588. The fraction of sp³-hybridized carbons (Fsp3) is 1.00. The molecule has 70 valence electrons. The van der Waals surface area contributed by atoms with Crippen LogP contribution in [-0.2, 0) is 0 Å². The van der Waals surface area contributed by atoms with Gasteiger partial charge in [0, 0.05) is 19.1 Å². The third-order valence-electron chi connectivity index (χ3n) is 1.48. The van der Waals surface area contributed by atoms with E-state index in [2.05, 4.69) is 24.5 Å². The van der Waals surface area contributed by atoms with Gasteiger partial charge in [-0.3, -0.25) is 0 Å². The average Bonchev–Trinajstić information content (AvgIpc) is 2.08. The summed E-state index contributed by atoms with van der Waals surface area (Å²) in [6.45, 7) is 10.5. The summed E-state index contributed by atoms with van der Waals surface area (Å²) < 4.78 is 0. The molecule has 0 spiro atoms. The maximum Gasteiger partial charge on any atom is 0.00790 e. The molecule has 2 N–H and O–H groups in total. The number of hydrogen-bond acceptors (Lipinski definition) is 2. The molecule has 0 radical (unpaired) electrons. The van der Waals surface area contributed by atoms with E-state index in [1.54, 1.807) is 0 Å². The van der Waals surface area contributed by atoms with Gasteiger partial charge >= 0.3 is 0 Å². The van der Waals surface area contributed by atoms with Crippen LogP contribution in [-0.4, -0.2) is 26.2 Å². The highest BCUT2D eigenvalue weighted by Gasteiger charge is 1.93. The van der Waals surface area contributed by atoms with Crippen LogP contribution in [0.25, 0.3) is 0 Å². The predicted octanol–water partition coefficient (Wildman–Crippen LogP) is 1.62. The number of likely N-dealkylation sites (N-methyl/N-ethyl adjacent to an activating group) is 1. The van der Waals surface area contributed by atoms with Crippen molar-refractivity contribution in [2.75, 3.05) is 20.1 Å². The maximum absolute atomic E-state index is 3.37. The minimum absolute atomic E-state index is 0.665. The van der Waals surface area contributed by atoms with Gasteiger partial charge in [0.25, 0.3) is 0 Å². The van der Waals surface area contributed by atoms with E-state index in [1.807, 2.05) is 20.9 Å². The van der Waals surface area contributed by atoms with Gasteiger partial charge < -0.3 is 10.6 Å². The first-order valence-corrected chi connectivity index (χ1v) is 4.69. The lowest BCUT2D eigenvalue weighted by Gasteiger charge is -2.09. The van der Waals surface area contributed by atoms with E-state index in [0.29, 0.717) is 6.04 Å². The van der Waals surface area contributed by atoms with Crippen LogP contribution in [0.4, 0.5) is 0 Å². The largest absolute Gasteiger partial charge is 0.318 e. The molecule has 2 nitrogen and oxygen atoms in total. The van der Waals surface area contributed by atoms with Crippen molar-refractivity contribution in [2.45, 2.75) is 40.2 Å². The maximum atomic E-state index is 3.37. The van der Waals surface area contributed by atoms with Gasteiger partial charge in [0.15, 0.2) is 0 Å². The normalized spacial score (nSPS) is 11.7. The standard InChI is InChI=1S/C7H18N2.C2H6/c1-4-7(2)9-6-5-8-3;1-2/h7-9H,4-6H2,1-3H3;1-2H3. The molecule has 1 atom stereocenters. The second-order valence-corrected chi connectivity index (χ2v) is 2.37. The Kier molecular flexibility index (Phi) is 15.4. The lowest BCUT2D eigenvalue weighted by atomic mass is 10.3. The zero-order chi connectivity index (χ0) is 9.11. The van der Waals surface area contributed by atoms with E-state index in [1.165, 1.54) is 6.42 Å². The summed E-state index contributed by atoms with van der Waals surface area (Å²) in [6, 6.07) is 0.665. The van der Waals surface area contributed by atoms with Gasteiger partial charge in [0.05, 0.1) is 0 Å². The Morgan fingerprint density at radius 3 is 2.09 bits per heavy atom. The Hall–Kier alpha value is -0.0800. The third kappa shape index (κ3) is 13.0. The van der Waals surface area contributed by atoms with Crippen LogP contribution in [0.2, 0.25) is 0 Å². The van der Waals surface area contributed by atoms with E-state index in [0.717, 1.165) is 13.1 Å². The quantitative estimate of drug-likeness (QED) is 0.597. The van der Waals surface area contributed by atoms with Crippen molar-refractivity contribution in [3.05, 3.63) is 0 Å². The monoisotopic (exact) mass is 160 g/mol. The zero-order valence-corrected chi connectivity index (χ0v) is 8.70. The minimum Gasteiger partial charge on any atom is -0.318 e. The Morgan fingerprint density at radius 1 is 1.18 bits per heavy atom. The van der Waals surface area contributed by atoms with E-state index in [4.69, 9.17) is 0 Å². The highest BCUT2D eigenvalue weighted by atomic mass is 14.9. The second-order valence-electron chi connectivity index (χ2n) is 2.37. The fourth-order valence-corrected chi connectivity index (χ4v) is 0.588. The van der Waals surface area contributed by atoms with Gasteiger partial charge in [-0.25, -0.2) is 0 Å². The van der Waals surface area contributed by atoms with Gasteiger partial charge in [-0.05, 0) is 20.4 Å². The van der Waals surface area contributed by atoms with E-state index < -0.39 is 0 Å². The number of nitrogens with one attached hydrogen (secondary N) is 2. The molecule has 0 fully saturated rings. The minimum atomic E-state index is 0.665. The Morgan fingerprint density at radius 2 is 1.73 bits per heavy atom. The van der Waals surface area contributed by atoms with Crippen LogP contribution in [0.15, 0.2) is 0 Å². The van der Waals surface area contributed by atoms with Gasteiger partial charge in [-0.15, -0.1) is 0 Å². The van der Waals surface area contributed by atoms with Crippen molar-refractivity contribution in [1.82, 2.24) is 10.6 Å². The summed E-state index contributed by atoms with van der Waals surface area (Å²) >= 11 is 0. The molecular weight excluding hydrogens is 136 g/mol. The summed E-state index contributed by atoms with van der Waals surface area (Å²) in [7, 11) is 1.97. The first kappa shape index (κ1) is 13.5. The summed E-state index contributed by atoms with van der Waals surface area (Å²) in [4.78, 5) is 0. The van der Waals surface area contributed by atoms with Crippen molar-refractivity contribution in [3.63, 3.8) is 0 Å². The molecule has 0 rings (SSSR count). The van der Waals surface area contributed by atoms with Crippen LogP contribution in [0.1, 0.15) is 34.1 Å². The Bertz CT molecular complexity index is 55.5. The molecule has 11 heavy (non-hydrogen) atoms. The molecule has 0 aromatic heterocycles. The number of hydrogen-bond donors (Lipinski definition) is 2. The van der Waals surface area contributed by atoms with Gasteiger partial charge in [-0.2, -0.15) is 0 Å². The van der Waals surface area contributed by atoms with E-state index in [9.17, 15) is 0 Å². The summed E-state index contributed by atoms with van der Waals surface area (Å²) in [5.74, 6) is 0. The van der Waals surface area contributed by atoms with Crippen molar-refractivity contribution in [3.8, 4) is 0 Å². The van der Waals surface area contributed by atoms with Crippen molar-refractivity contribution < 1.29 is 0 Å². The molecule has 1 unspecified atom stereocenters. The third-order valence-corrected chi connectivity index (χ3v) is 1.48. The Labute approximate surface area is 71.8 Å². The molecule has 0 aromatic carbocycles. The van der Waals surface area contributed by atoms with Crippen LogP contribution in [0.3, 0.4) is 0 Å². The molecule has 0 aromatic rings. The molecule has 0 aliphatic carbocycles. The first-order chi connectivity index (χ1) is 5.31. The summed E-state index contributed by atoms with van der Waals surface area (Å²) in [6.07, 6.45) is 1.21. The Balaban J connectivity index is 0. The molecule has 0 aliphatic rings. The van der Waals surface area contributed by atoms with E-state index >= 15 is 0 Å². The molecular formula is C9H24N2.